The van der Waals surface area contributed by atoms with Crippen LogP contribution in [-0.2, 0) is 0 Å². The van der Waals surface area contributed by atoms with E-state index in [1.807, 2.05) is 6.07 Å². The zero-order chi connectivity index (χ0) is 14.4. The molecule has 3 nitrogen and oxygen atoms in total. The number of anilines is 1. The molecule has 0 radical (unpaired) electrons. The molecule has 0 atom stereocenters. The van der Waals surface area contributed by atoms with Crippen LogP contribution in [0.5, 0.6) is 0 Å². The van der Waals surface area contributed by atoms with Crippen LogP contribution < -0.4 is 5.32 Å². The summed E-state index contributed by atoms with van der Waals surface area (Å²) in [6.07, 6.45) is 0.283. The predicted octanol–water partition coefficient (Wildman–Crippen LogP) is 3.38. The smallest absolute Gasteiger partial charge is 0.164 e. The maximum Gasteiger partial charge on any atom is 0.164 e. The second kappa shape index (κ2) is 6.48. The molecule has 20 heavy (non-hydrogen) atoms. The van der Waals surface area contributed by atoms with Gasteiger partial charge in [-0.3, -0.25) is 4.79 Å². The molecule has 1 N–H and O–H groups in total. The Hall–Kier alpha value is -2.67. The number of hydrogen-bond acceptors (Lipinski definition) is 3. The summed E-state index contributed by atoms with van der Waals surface area (Å²) in [5.41, 5.74) is 1.74. The lowest BCUT2D eigenvalue weighted by atomic mass is 10.1. The minimum absolute atomic E-state index is 0.0630. The van der Waals surface area contributed by atoms with E-state index in [9.17, 15) is 9.18 Å². The highest BCUT2D eigenvalue weighted by Crippen LogP contribution is 2.13. The maximum absolute atomic E-state index is 12.8. The molecule has 2 aromatic rings. The molecule has 0 bridgehead atoms. The average Bonchev–Trinajstić information content (AvgIpc) is 2.48. The molecule has 100 valence electrons. The molecule has 0 aromatic heterocycles. The zero-order valence-corrected chi connectivity index (χ0v) is 10.8. The lowest BCUT2D eigenvalue weighted by molar-refractivity contribution is 0.0986. The van der Waals surface area contributed by atoms with Crippen LogP contribution in [0, 0.1) is 17.1 Å². The third-order valence-corrected chi connectivity index (χ3v) is 2.88. The Morgan fingerprint density at radius 1 is 1.15 bits per heavy atom. The number of benzene rings is 2. The number of carbonyl (C=O) groups is 1. The van der Waals surface area contributed by atoms with E-state index < -0.39 is 0 Å². The monoisotopic (exact) mass is 268 g/mol. The molecule has 0 aliphatic carbocycles. The number of carbonyl (C=O) groups excluding carboxylic acids is 1. The van der Waals surface area contributed by atoms with Gasteiger partial charge >= 0.3 is 0 Å². The van der Waals surface area contributed by atoms with Crippen LogP contribution in [0.15, 0.2) is 48.5 Å². The van der Waals surface area contributed by atoms with E-state index in [0.717, 1.165) is 0 Å². The first-order valence-electron chi connectivity index (χ1n) is 6.22. The van der Waals surface area contributed by atoms with Gasteiger partial charge in [0.1, 0.15) is 11.9 Å². The Morgan fingerprint density at radius 3 is 2.55 bits per heavy atom. The molecular weight excluding hydrogens is 255 g/mol. The molecule has 0 aliphatic heterocycles. The van der Waals surface area contributed by atoms with Gasteiger partial charge in [0.15, 0.2) is 5.78 Å². The van der Waals surface area contributed by atoms with Gasteiger partial charge in [-0.15, -0.1) is 0 Å². The Balaban J connectivity index is 1.91. The number of halogens is 1. The number of nitrogens with zero attached hydrogens (tertiary/aromatic N) is 1. The van der Waals surface area contributed by atoms with Crippen LogP contribution in [-0.4, -0.2) is 12.3 Å². The van der Waals surface area contributed by atoms with Gasteiger partial charge in [0.25, 0.3) is 0 Å². The molecule has 0 amide bonds. The lowest BCUT2D eigenvalue weighted by Crippen LogP contribution is -2.09. The fourth-order valence-corrected chi connectivity index (χ4v) is 1.83. The summed E-state index contributed by atoms with van der Waals surface area (Å²) in [5.74, 6) is -0.422. The summed E-state index contributed by atoms with van der Waals surface area (Å²) in [7, 11) is 0. The van der Waals surface area contributed by atoms with Gasteiger partial charge in [0, 0.05) is 18.5 Å². The van der Waals surface area contributed by atoms with Crippen LogP contribution in [0.1, 0.15) is 22.3 Å². The van der Waals surface area contributed by atoms with E-state index in [2.05, 4.69) is 11.4 Å². The summed E-state index contributed by atoms with van der Waals surface area (Å²) >= 11 is 0. The van der Waals surface area contributed by atoms with Gasteiger partial charge in [0.05, 0.1) is 11.3 Å². The van der Waals surface area contributed by atoms with Crippen molar-refractivity contribution in [2.75, 3.05) is 11.9 Å². The van der Waals surface area contributed by atoms with Crippen molar-refractivity contribution in [1.82, 2.24) is 0 Å². The van der Waals surface area contributed by atoms with Crippen molar-refractivity contribution in [1.29, 1.82) is 5.26 Å². The topological polar surface area (TPSA) is 52.9 Å². The Bertz CT molecular complexity index is 644. The molecule has 0 spiro atoms. The van der Waals surface area contributed by atoms with Gasteiger partial charge in [-0.2, -0.15) is 5.26 Å². The molecular formula is C16H13FN2O. The van der Waals surface area contributed by atoms with Crippen molar-refractivity contribution in [3.8, 4) is 6.07 Å². The number of Topliss-reactive ketones (excluding diaryl/α,β-unsaturated/α-hetero) is 1. The van der Waals surface area contributed by atoms with Crippen LogP contribution in [0.2, 0.25) is 0 Å². The molecule has 4 heteroatoms. The molecule has 0 aliphatic rings. The number of para-hydroxylation sites is 1. The number of ketones is 1. The maximum atomic E-state index is 12.8. The molecule has 2 aromatic carbocycles. The fraction of sp³-hybridized carbons (Fsp3) is 0.125. The first-order chi connectivity index (χ1) is 9.70. The van der Waals surface area contributed by atoms with Gasteiger partial charge in [-0.25, -0.2) is 4.39 Å². The lowest BCUT2D eigenvalue weighted by Gasteiger charge is -2.07. The molecule has 0 unspecified atom stereocenters. The van der Waals surface area contributed by atoms with Crippen molar-refractivity contribution in [2.24, 2.45) is 0 Å². The summed E-state index contributed by atoms with van der Waals surface area (Å²) in [6, 6.07) is 14.7. The second-order valence-electron chi connectivity index (χ2n) is 4.26. The number of nitrogens with one attached hydrogen (secondary N) is 1. The molecule has 0 fully saturated rings. The molecule has 0 saturated carbocycles. The van der Waals surface area contributed by atoms with E-state index in [1.165, 1.54) is 24.3 Å². The van der Waals surface area contributed by atoms with Crippen LogP contribution in [0.4, 0.5) is 10.1 Å². The van der Waals surface area contributed by atoms with Crippen molar-refractivity contribution >= 4 is 11.5 Å². The third-order valence-electron chi connectivity index (χ3n) is 2.88. The van der Waals surface area contributed by atoms with Gasteiger partial charge in [-0.05, 0) is 36.4 Å². The van der Waals surface area contributed by atoms with Crippen LogP contribution in [0.25, 0.3) is 0 Å². The summed E-state index contributed by atoms with van der Waals surface area (Å²) < 4.78 is 12.8. The minimum Gasteiger partial charge on any atom is -0.384 e. The highest BCUT2D eigenvalue weighted by molar-refractivity contribution is 5.96. The summed E-state index contributed by atoms with van der Waals surface area (Å²) in [4.78, 5) is 11.9. The average molecular weight is 268 g/mol. The second-order valence-corrected chi connectivity index (χ2v) is 4.26. The highest BCUT2D eigenvalue weighted by atomic mass is 19.1. The Kier molecular flexibility index (Phi) is 4.46. The van der Waals surface area contributed by atoms with Crippen molar-refractivity contribution in [2.45, 2.75) is 6.42 Å². The van der Waals surface area contributed by atoms with E-state index in [-0.39, 0.29) is 18.0 Å². The predicted molar refractivity (Wildman–Crippen MR) is 75.0 cm³/mol. The number of hydrogen-bond donors (Lipinski definition) is 1. The van der Waals surface area contributed by atoms with Crippen LogP contribution >= 0.6 is 0 Å². The molecule has 0 heterocycles. The van der Waals surface area contributed by atoms with Crippen molar-refractivity contribution < 1.29 is 9.18 Å². The van der Waals surface area contributed by atoms with Gasteiger partial charge in [0.2, 0.25) is 0 Å². The van der Waals surface area contributed by atoms with Gasteiger partial charge in [-0.1, -0.05) is 12.1 Å². The quantitative estimate of drug-likeness (QED) is 0.846. The zero-order valence-electron chi connectivity index (χ0n) is 10.8. The number of nitriles is 1. The van der Waals surface area contributed by atoms with E-state index in [4.69, 9.17) is 5.26 Å². The summed E-state index contributed by atoms with van der Waals surface area (Å²) in [6.45, 7) is 0.425. The number of rotatable bonds is 5. The SMILES string of the molecule is N#Cc1ccccc1NCCC(=O)c1ccc(F)cc1. The van der Waals surface area contributed by atoms with E-state index >= 15 is 0 Å². The Morgan fingerprint density at radius 2 is 1.85 bits per heavy atom. The standard InChI is InChI=1S/C16H13FN2O/c17-14-7-5-12(6-8-14)16(20)9-10-19-15-4-2-1-3-13(15)11-18/h1-8,19H,9-10H2. The van der Waals surface area contributed by atoms with Gasteiger partial charge < -0.3 is 5.32 Å². The first kappa shape index (κ1) is 13.8. The van der Waals surface area contributed by atoms with Crippen molar-refractivity contribution in [3.05, 3.63) is 65.5 Å². The molecule has 2 rings (SSSR count). The largest absolute Gasteiger partial charge is 0.384 e. The Labute approximate surface area is 116 Å². The fourth-order valence-electron chi connectivity index (χ4n) is 1.83. The van der Waals surface area contributed by atoms with Crippen molar-refractivity contribution in [3.63, 3.8) is 0 Å². The third kappa shape index (κ3) is 3.42. The minimum atomic E-state index is -0.359. The van der Waals surface area contributed by atoms with E-state index in [1.54, 1.807) is 18.2 Å². The summed E-state index contributed by atoms with van der Waals surface area (Å²) in [5, 5.41) is 12.0. The van der Waals surface area contributed by atoms with Crippen LogP contribution in [0.3, 0.4) is 0 Å². The first-order valence-corrected chi connectivity index (χ1v) is 6.22. The normalized spacial score (nSPS) is 9.80. The molecule has 0 saturated heterocycles. The van der Waals surface area contributed by atoms with E-state index in [0.29, 0.717) is 23.4 Å². The highest BCUT2D eigenvalue weighted by Gasteiger charge is 2.06.